The van der Waals surface area contributed by atoms with Crippen LogP contribution >= 0.6 is 11.3 Å². The van der Waals surface area contributed by atoms with Crippen LogP contribution in [-0.4, -0.2) is 34.1 Å². The number of aromatic hydroxyl groups is 1. The molecule has 156 valence electrons. The number of carbonyl (C=O) groups is 1. The number of pyridine rings is 1. The van der Waals surface area contributed by atoms with Crippen LogP contribution < -0.4 is 10.2 Å². The number of aromatic nitrogens is 2. The first-order valence-electron chi connectivity index (χ1n) is 9.81. The normalized spacial score (nSPS) is 11.6. The molecule has 0 saturated heterocycles. The van der Waals surface area contributed by atoms with Crippen molar-refractivity contribution in [2.45, 2.75) is 12.5 Å². The number of hydrogen-bond donors (Lipinski definition) is 2. The van der Waals surface area contributed by atoms with E-state index in [9.17, 15) is 9.90 Å². The van der Waals surface area contributed by atoms with Crippen molar-refractivity contribution >= 4 is 28.7 Å². The number of benzene rings is 2. The van der Waals surface area contributed by atoms with Gasteiger partial charge in [0.15, 0.2) is 0 Å². The monoisotopic (exact) mass is 430 g/mol. The Morgan fingerprint density at radius 1 is 1.10 bits per heavy atom. The summed E-state index contributed by atoms with van der Waals surface area (Å²) >= 11 is 1.48. The van der Waals surface area contributed by atoms with Crippen LogP contribution in [0.5, 0.6) is 5.75 Å². The van der Waals surface area contributed by atoms with E-state index in [0.29, 0.717) is 12.1 Å². The number of nitrogens with zero attached hydrogens (tertiary/aromatic N) is 3. The van der Waals surface area contributed by atoms with Gasteiger partial charge in [0.25, 0.3) is 0 Å². The minimum atomic E-state index is -0.506. The van der Waals surface area contributed by atoms with Gasteiger partial charge in [-0.25, -0.2) is 4.98 Å². The number of amides is 1. The van der Waals surface area contributed by atoms with E-state index in [-0.39, 0.29) is 11.7 Å². The van der Waals surface area contributed by atoms with Gasteiger partial charge in [0.1, 0.15) is 17.6 Å². The zero-order valence-corrected chi connectivity index (χ0v) is 17.8. The summed E-state index contributed by atoms with van der Waals surface area (Å²) in [5, 5.41) is 15.2. The molecule has 0 spiro atoms. The first kappa shape index (κ1) is 20.6. The summed E-state index contributed by atoms with van der Waals surface area (Å²) in [4.78, 5) is 23.6. The minimum absolute atomic E-state index is 0.0147. The summed E-state index contributed by atoms with van der Waals surface area (Å²) in [5.41, 5.74) is 4.98. The molecule has 0 unspecified atom stereocenters. The lowest BCUT2D eigenvalue weighted by Crippen LogP contribution is -2.43. The summed E-state index contributed by atoms with van der Waals surface area (Å²) in [6, 6.07) is 18.3. The standard InChI is InChI=1S/C24H22N4O2S/c1-28(23-15-31-16-26-23)21(13-17-5-3-2-4-6-17)24(30)27-20-14-19(7-8-22(20)29)18-9-11-25-12-10-18/h2-12,14-16,21,29H,13H2,1H3,(H,27,30)/t21-/m0/s1. The van der Waals surface area contributed by atoms with E-state index in [1.807, 2.05) is 65.9 Å². The number of phenolic OH excluding ortho intramolecular Hbond substituents is 1. The van der Waals surface area contributed by atoms with Gasteiger partial charge in [-0.05, 0) is 41.0 Å². The van der Waals surface area contributed by atoms with E-state index in [1.165, 1.54) is 11.3 Å². The molecule has 31 heavy (non-hydrogen) atoms. The Hall–Kier alpha value is -3.71. The van der Waals surface area contributed by atoms with Gasteiger partial charge in [-0.3, -0.25) is 9.78 Å². The van der Waals surface area contributed by atoms with Crippen molar-refractivity contribution in [2.75, 3.05) is 17.3 Å². The van der Waals surface area contributed by atoms with Crippen molar-refractivity contribution < 1.29 is 9.90 Å². The zero-order chi connectivity index (χ0) is 21.6. The number of thiazole rings is 1. The third-order valence-corrected chi connectivity index (χ3v) is 5.66. The summed E-state index contributed by atoms with van der Waals surface area (Å²) in [7, 11) is 1.86. The maximum absolute atomic E-state index is 13.4. The molecule has 4 aromatic rings. The molecule has 4 rings (SSSR count). The van der Waals surface area contributed by atoms with Crippen LogP contribution in [0.25, 0.3) is 11.1 Å². The van der Waals surface area contributed by atoms with Gasteiger partial charge < -0.3 is 15.3 Å². The average molecular weight is 431 g/mol. The lowest BCUT2D eigenvalue weighted by molar-refractivity contribution is -0.117. The predicted molar refractivity (Wildman–Crippen MR) is 124 cm³/mol. The van der Waals surface area contributed by atoms with Crippen molar-refractivity contribution in [3.05, 3.63) is 89.5 Å². The fourth-order valence-corrected chi connectivity index (χ4v) is 3.94. The fraction of sp³-hybridized carbons (Fsp3) is 0.125. The minimum Gasteiger partial charge on any atom is -0.506 e. The first-order chi connectivity index (χ1) is 15.1. The van der Waals surface area contributed by atoms with Crippen LogP contribution in [0.15, 0.2) is 83.9 Å². The van der Waals surface area contributed by atoms with Crippen LogP contribution in [-0.2, 0) is 11.2 Å². The summed E-state index contributed by atoms with van der Waals surface area (Å²) in [5.74, 6) is 0.526. The molecule has 0 aliphatic carbocycles. The van der Waals surface area contributed by atoms with Gasteiger partial charge in [-0.15, -0.1) is 11.3 Å². The molecule has 0 fully saturated rings. The number of phenols is 1. The average Bonchev–Trinajstić information content (AvgIpc) is 3.35. The van der Waals surface area contributed by atoms with E-state index in [2.05, 4.69) is 15.3 Å². The number of likely N-dealkylation sites (N-methyl/N-ethyl adjacent to an activating group) is 1. The van der Waals surface area contributed by atoms with Gasteiger partial charge in [0, 0.05) is 31.2 Å². The van der Waals surface area contributed by atoms with Gasteiger partial charge in [0.2, 0.25) is 5.91 Å². The largest absolute Gasteiger partial charge is 0.506 e. The SMILES string of the molecule is CN(c1cscn1)[C@@H](Cc1ccccc1)C(=O)Nc1cc(-c2ccncc2)ccc1O. The first-order valence-corrected chi connectivity index (χ1v) is 10.8. The molecule has 0 saturated carbocycles. The van der Waals surface area contributed by atoms with Crippen molar-refractivity contribution in [3.8, 4) is 16.9 Å². The van der Waals surface area contributed by atoms with Crippen LogP contribution in [0.2, 0.25) is 0 Å². The van der Waals surface area contributed by atoms with Crippen LogP contribution in [0.1, 0.15) is 5.56 Å². The molecular weight excluding hydrogens is 408 g/mol. The van der Waals surface area contributed by atoms with E-state index in [4.69, 9.17) is 0 Å². The quantitative estimate of drug-likeness (QED) is 0.419. The summed E-state index contributed by atoms with van der Waals surface area (Å²) < 4.78 is 0. The number of hydrogen-bond acceptors (Lipinski definition) is 6. The Morgan fingerprint density at radius 3 is 2.58 bits per heavy atom. The lowest BCUT2D eigenvalue weighted by atomic mass is 10.0. The molecule has 0 aliphatic rings. The molecule has 0 aliphatic heterocycles. The van der Waals surface area contributed by atoms with E-state index < -0.39 is 6.04 Å². The number of nitrogens with one attached hydrogen (secondary N) is 1. The Labute approximate surface area is 184 Å². The summed E-state index contributed by atoms with van der Waals surface area (Å²) in [6.07, 6.45) is 3.92. The zero-order valence-electron chi connectivity index (χ0n) is 17.0. The Kier molecular flexibility index (Phi) is 6.24. The third-order valence-electron chi connectivity index (χ3n) is 5.09. The van der Waals surface area contributed by atoms with E-state index >= 15 is 0 Å². The third kappa shape index (κ3) is 4.90. The number of anilines is 2. The molecule has 1 atom stereocenters. The molecule has 2 heterocycles. The molecular formula is C24H22N4O2S. The highest BCUT2D eigenvalue weighted by molar-refractivity contribution is 7.07. The summed E-state index contributed by atoms with van der Waals surface area (Å²) in [6.45, 7) is 0. The second kappa shape index (κ2) is 9.40. The topological polar surface area (TPSA) is 78.4 Å². The number of carbonyl (C=O) groups excluding carboxylic acids is 1. The van der Waals surface area contributed by atoms with E-state index in [0.717, 1.165) is 22.5 Å². The molecule has 2 N–H and O–H groups in total. The van der Waals surface area contributed by atoms with Crippen molar-refractivity contribution in [3.63, 3.8) is 0 Å². The fourth-order valence-electron chi connectivity index (χ4n) is 3.36. The highest BCUT2D eigenvalue weighted by Gasteiger charge is 2.26. The van der Waals surface area contributed by atoms with Crippen molar-refractivity contribution in [2.24, 2.45) is 0 Å². The molecule has 2 aromatic carbocycles. The van der Waals surface area contributed by atoms with E-state index in [1.54, 1.807) is 30.0 Å². The van der Waals surface area contributed by atoms with Crippen LogP contribution in [0, 0.1) is 0 Å². The van der Waals surface area contributed by atoms with Gasteiger partial charge in [-0.1, -0.05) is 36.4 Å². The molecule has 6 nitrogen and oxygen atoms in total. The Morgan fingerprint density at radius 2 is 1.87 bits per heavy atom. The molecule has 7 heteroatoms. The lowest BCUT2D eigenvalue weighted by Gasteiger charge is -2.27. The highest BCUT2D eigenvalue weighted by Crippen LogP contribution is 2.30. The molecule has 1 amide bonds. The van der Waals surface area contributed by atoms with Crippen LogP contribution in [0.3, 0.4) is 0 Å². The second-order valence-electron chi connectivity index (χ2n) is 7.12. The molecule has 0 bridgehead atoms. The molecule has 2 aromatic heterocycles. The van der Waals surface area contributed by atoms with Crippen molar-refractivity contribution in [1.82, 2.24) is 9.97 Å². The second-order valence-corrected chi connectivity index (χ2v) is 7.84. The van der Waals surface area contributed by atoms with Crippen LogP contribution in [0.4, 0.5) is 11.5 Å². The van der Waals surface area contributed by atoms with Gasteiger partial charge in [-0.2, -0.15) is 0 Å². The predicted octanol–water partition coefficient (Wildman–Crippen LogP) is 4.60. The Balaban J connectivity index is 1.61. The maximum atomic E-state index is 13.4. The van der Waals surface area contributed by atoms with Gasteiger partial charge in [0.05, 0.1) is 11.2 Å². The van der Waals surface area contributed by atoms with Crippen molar-refractivity contribution in [1.29, 1.82) is 0 Å². The molecule has 0 radical (unpaired) electrons. The smallest absolute Gasteiger partial charge is 0.247 e. The maximum Gasteiger partial charge on any atom is 0.247 e. The Bertz CT molecular complexity index is 1130. The number of rotatable bonds is 7. The van der Waals surface area contributed by atoms with Gasteiger partial charge >= 0.3 is 0 Å². The highest BCUT2D eigenvalue weighted by atomic mass is 32.1.